The maximum absolute atomic E-state index is 12.8. The number of primary amides is 1. The van der Waals surface area contributed by atoms with E-state index in [4.69, 9.17) is 10.9 Å². The van der Waals surface area contributed by atoms with E-state index in [1.54, 1.807) is 0 Å². The van der Waals surface area contributed by atoms with Crippen molar-refractivity contribution in [2.75, 3.05) is 0 Å². The third kappa shape index (κ3) is 6.16. The number of aliphatic hydroxyl groups is 2. The van der Waals surface area contributed by atoms with Crippen molar-refractivity contribution in [2.45, 2.75) is 62.8 Å². The Morgan fingerprint density at radius 1 is 1.27 bits per heavy atom. The van der Waals surface area contributed by atoms with Gasteiger partial charge in [-0.15, -0.1) is 0 Å². The first-order valence-corrected chi connectivity index (χ1v) is 9.76. The van der Waals surface area contributed by atoms with E-state index in [-0.39, 0.29) is 44.9 Å². The Bertz CT molecular complexity index is 748. The second kappa shape index (κ2) is 9.76. The number of amides is 2. The molecule has 1 fully saturated rings. The summed E-state index contributed by atoms with van der Waals surface area (Å²) in [7, 11) is 0. The quantitative estimate of drug-likeness (QED) is 0.316. The monoisotopic (exact) mass is 432 g/mol. The number of carbonyl (C=O) groups is 2. The minimum Gasteiger partial charge on any atom is -0.393 e. The van der Waals surface area contributed by atoms with Gasteiger partial charge < -0.3 is 15.9 Å². The van der Waals surface area contributed by atoms with Crippen LogP contribution < -0.4 is 11.2 Å². The first kappa shape index (κ1) is 24.1. The number of aryl methyl sites for hydroxylation is 1. The lowest BCUT2D eigenvalue weighted by molar-refractivity contribution is -0.150. The molecule has 1 aromatic rings. The first-order chi connectivity index (χ1) is 14.0. The van der Waals surface area contributed by atoms with Crippen molar-refractivity contribution < 1.29 is 38.2 Å². The first-order valence-electron chi connectivity index (χ1n) is 9.76. The number of hydroxylamine groups is 1. The molecular formula is C20H27F3N2O5. The summed E-state index contributed by atoms with van der Waals surface area (Å²) in [5.74, 6) is -2.91. The minimum atomic E-state index is -4.47. The third-order valence-corrected chi connectivity index (χ3v) is 5.86. The number of alkyl halides is 3. The van der Waals surface area contributed by atoms with E-state index in [0.717, 1.165) is 12.1 Å². The lowest BCUT2D eigenvalue weighted by Gasteiger charge is -2.40. The van der Waals surface area contributed by atoms with Crippen LogP contribution in [-0.2, 0) is 22.2 Å². The van der Waals surface area contributed by atoms with Gasteiger partial charge in [0, 0.05) is 5.92 Å². The molecule has 6 N–H and O–H groups in total. The summed E-state index contributed by atoms with van der Waals surface area (Å²) in [5, 5.41) is 30.3. The van der Waals surface area contributed by atoms with Crippen LogP contribution in [0.25, 0.3) is 0 Å². The summed E-state index contributed by atoms with van der Waals surface area (Å²) in [6.07, 6.45) is -4.80. The molecule has 1 aromatic carbocycles. The number of nitrogens with two attached hydrogens (primary N) is 1. The van der Waals surface area contributed by atoms with Crippen LogP contribution in [0.15, 0.2) is 24.3 Å². The van der Waals surface area contributed by atoms with Crippen LogP contribution in [0.3, 0.4) is 0 Å². The fraction of sp³-hybridized carbons (Fsp3) is 0.600. The number of aliphatic hydroxyl groups excluding tert-OH is 1. The molecule has 30 heavy (non-hydrogen) atoms. The van der Waals surface area contributed by atoms with Crippen molar-refractivity contribution in [3.8, 4) is 0 Å². The molecule has 1 saturated carbocycles. The number of carbonyl (C=O) groups excluding carboxylic acids is 2. The van der Waals surface area contributed by atoms with Gasteiger partial charge in [0.2, 0.25) is 11.8 Å². The largest absolute Gasteiger partial charge is 0.416 e. The SMILES string of the molecule is NC(=O)C1CCC(O)(C(CC(O)CCc2cccc(C(F)(F)F)c2)C(=O)NO)CC1. The fourth-order valence-corrected chi connectivity index (χ4v) is 4.03. The zero-order chi connectivity index (χ0) is 22.5. The van der Waals surface area contributed by atoms with Crippen LogP contribution in [-0.4, -0.2) is 38.9 Å². The maximum Gasteiger partial charge on any atom is 0.416 e. The molecule has 0 spiro atoms. The van der Waals surface area contributed by atoms with E-state index in [1.165, 1.54) is 17.6 Å². The normalized spacial score (nSPS) is 24.1. The summed E-state index contributed by atoms with van der Waals surface area (Å²) >= 11 is 0. The van der Waals surface area contributed by atoms with Gasteiger partial charge in [-0.1, -0.05) is 18.2 Å². The molecule has 168 valence electrons. The Labute approximate surface area is 172 Å². The molecule has 2 amide bonds. The fourth-order valence-electron chi connectivity index (χ4n) is 4.03. The molecule has 1 aliphatic carbocycles. The van der Waals surface area contributed by atoms with Crippen molar-refractivity contribution in [2.24, 2.45) is 17.6 Å². The van der Waals surface area contributed by atoms with E-state index >= 15 is 0 Å². The Morgan fingerprint density at radius 3 is 2.43 bits per heavy atom. The van der Waals surface area contributed by atoms with E-state index in [2.05, 4.69) is 0 Å². The van der Waals surface area contributed by atoms with Gasteiger partial charge in [-0.25, -0.2) is 5.48 Å². The molecule has 0 radical (unpaired) electrons. The molecule has 0 aromatic heterocycles. The van der Waals surface area contributed by atoms with Gasteiger partial charge in [-0.3, -0.25) is 14.8 Å². The summed E-state index contributed by atoms with van der Waals surface area (Å²) in [5.41, 5.74) is 4.84. The number of hydrogen-bond donors (Lipinski definition) is 5. The van der Waals surface area contributed by atoms with Gasteiger partial charge in [-0.05, 0) is 56.6 Å². The highest BCUT2D eigenvalue weighted by Crippen LogP contribution is 2.39. The average Bonchev–Trinajstić information content (AvgIpc) is 2.69. The average molecular weight is 432 g/mol. The van der Waals surface area contributed by atoms with Gasteiger partial charge >= 0.3 is 6.18 Å². The number of halogens is 3. The summed E-state index contributed by atoms with van der Waals surface area (Å²) in [4.78, 5) is 23.5. The number of benzene rings is 1. The predicted octanol–water partition coefficient (Wildman–Crippen LogP) is 1.92. The molecule has 2 atom stereocenters. The molecule has 2 rings (SSSR count). The summed E-state index contributed by atoms with van der Waals surface area (Å²) in [6, 6.07) is 4.76. The maximum atomic E-state index is 12.8. The zero-order valence-electron chi connectivity index (χ0n) is 16.4. The Balaban J connectivity index is 2.01. The highest BCUT2D eigenvalue weighted by molar-refractivity contribution is 5.79. The second-order valence-electron chi connectivity index (χ2n) is 7.94. The van der Waals surface area contributed by atoms with Crippen LogP contribution >= 0.6 is 0 Å². The van der Waals surface area contributed by atoms with E-state index in [9.17, 15) is 33.0 Å². The Hall–Kier alpha value is -2.17. The van der Waals surface area contributed by atoms with Crippen molar-refractivity contribution in [1.82, 2.24) is 5.48 Å². The minimum absolute atomic E-state index is 0.0660. The van der Waals surface area contributed by atoms with Crippen LogP contribution in [0.1, 0.15) is 49.7 Å². The number of hydrogen-bond acceptors (Lipinski definition) is 5. The molecule has 10 heteroatoms. The Kier molecular flexibility index (Phi) is 7.84. The lowest BCUT2D eigenvalue weighted by Crippen LogP contribution is -2.50. The van der Waals surface area contributed by atoms with Crippen molar-refractivity contribution >= 4 is 11.8 Å². The van der Waals surface area contributed by atoms with Gasteiger partial charge in [-0.2, -0.15) is 13.2 Å². The van der Waals surface area contributed by atoms with Gasteiger partial charge in [0.05, 0.1) is 23.2 Å². The molecule has 0 aliphatic heterocycles. The van der Waals surface area contributed by atoms with Crippen LogP contribution in [0, 0.1) is 11.8 Å². The van der Waals surface area contributed by atoms with Crippen molar-refractivity contribution in [3.05, 3.63) is 35.4 Å². The van der Waals surface area contributed by atoms with Crippen LogP contribution in [0.2, 0.25) is 0 Å². The van der Waals surface area contributed by atoms with E-state index < -0.39 is 47.1 Å². The zero-order valence-corrected chi connectivity index (χ0v) is 16.4. The lowest BCUT2D eigenvalue weighted by atomic mass is 9.70. The molecule has 0 heterocycles. The topological polar surface area (TPSA) is 133 Å². The molecule has 1 aliphatic rings. The molecule has 0 bridgehead atoms. The predicted molar refractivity (Wildman–Crippen MR) is 99.9 cm³/mol. The Morgan fingerprint density at radius 2 is 1.90 bits per heavy atom. The molecular weight excluding hydrogens is 405 g/mol. The van der Waals surface area contributed by atoms with Gasteiger partial charge in [0.25, 0.3) is 0 Å². The highest BCUT2D eigenvalue weighted by atomic mass is 19.4. The summed E-state index contributed by atoms with van der Waals surface area (Å²) < 4.78 is 38.5. The molecule has 2 unspecified atom stereocenters. The van der Waals surface area contributed by atoms with E-state index in [1.807, 2.05) is 0 Å². The number of rotatable bonds is 8. The third-order valence-electron chi connectivity index (χ3n) is 5.86. The van der Waals surface area contributed by atoms with Crippen molar-refractivity contribution in [1.29, 1.82) is 0 Å². The smallest absolute Gasteiger partial charge is 0.393 e. The second-order valence-corrected chi connectivity index (χ2v) is 7.94. The standard InChI is InChI=1S/C20H27F3N2O5/c21-20(22,23)14-3-1-2-12(10-14)4-5-15(26)11-16(18(28)25-30)19(29)8-6-13(7-9-19)17(24)27/h1-3,10,13,15-16,26,29-30H,4-9,11H2,(H2,24,27)(H,25,28). The van der Waals surface area contributed by atoms with Crippen LogP contribution in [0.4, 0.5) is 13.2 Å². The van der Waals surface area contributed by atoms with Gasteiger partial charge in [0.15, 0.2) is 0 Å². The number of nitrogens with one attached hydrogen (secondary N) is 1. The molecule has 0 saturated heterocycles. The van der Waals surface area contributed by atoms with Crippen LogP contribution in [0.5, 0.6) is 0 Å². The molecule has 7 nitrogen and oxygen atoms in total. The van der Waals surface area contributed by atoms with Crippen molar-refractivity contribution in [3.63, 3.8) is 0 Å². The van der Waals surface area contributed by atoms with Gasteiger partial charge in [0.1, 0.15) is 0 Å². The highest BCUT2D eigenvalue weighted by Gasteiger charge is 2.45. The van der Waals surface area contributed by atoms with E-state index in [0.29, 0.717) is 5.56 Å². The summed E-state index contributed by atoms with van der Waals surface area (Å²) in [6.45, 7) is 0.